The minimum Gasteiger partial charge on any atom is -0.476 e. The molecule has 0 bridgehead atoms. The molecule has 19 heavy (non-hydrogen) atoms. The Balaban J connectivity index is 2.01. The number of hydrogen-bond acceptors (Lipinski definition) is 4. The lowest BCUT2D eigenvalue weighted by molar-refractivity contribution is 0.0688. The maximum absolute atomic E-state index is 11.3. The molecule has 0 saturated carbocycles. The highest BCUT2D eigenvalue weighted by Crippen LogP contribution is 2.30. The number of imidazole rings is 1. The van der Waals surface area contributed by atoms with Crippen LogP contribution in [0, 0.1) is 0 Å². The molecule has 3 heterocycles. The molecule has 2 aliphatic heterocycles. The van der Waals surface area contributed by atoms with Crippen molar-refractivity contribution >= 4 is 5.97 Å². The average Bonchev–Trinajstić information content (AvgIpc) is 2.78. The summed E-state index contributed by atoms with van der Waals surface area (Å²) < 4.78 is 7.41. The van der Waals surface area contributed by atoms with Crippen LogP contribution in [0.5, 0.6) is 0 Å². The number of rotatable bonds is 2. The van der Waals surface area contributed by atoms with Crippen LogP contribution in [0.2, 0.25) is 0 Å². The SMILES string of the molecule is NC1CCc2c(C(=O)O)nc(C3CCOCC3)n2C1. The third-order valence-electron chi connectivity index (χ3n) is 4.06. The van der Waals surface area contributed by atoms with Gasteiger partial charge >= 0.3 is 5.97 Å². The number of carbonyl (C=O) groups is 1. The van der Waals surface area contributed by atoms with Crippen molar-refractivity contribution in [2.45, 2.75) is 44.2 Å². The molecule has 1 unspecified atom stereocenters. The average molecular weight is 265 g/mol. The lowest BCUT2D eigenvalue weighted by Gasteiger charge is -2.27. The predicted molar refractivity (Wildman–Crippen MR) is 68.3 cm³/mol. The maximum atomic E-state index is 11.3. The van der Waals surface area contributed by atoms with Crippen molar-refractivity contribution < 1.29 is 14.6 Å². The second-order valence-electron chi connectivity index (χ2n) is 5.37. The van der Waals surface area contributed by atoms with Gasteiger partial charge in [-0.05, 0) is 25.7 Å². The first-order valence-corrected chi connectivity index (χ1v) is 6.82. The molecular formula is C13H19N3O3. The maximum Gasteiger partial charge on any atom is 0.356 e. The predicted octanol–water partition coefficient (Wildman–Crippen LogP) is 0.749. The van der Waals surface area contributed by atoms with E-state index in [4.69, 9.17) is 10.5 Å². The van der Waals surface area contributed by atoms with Crippen LogP contribution in [-0.2, 0) is 17.7 Å². The van der Waals surface area contributed by atoms with Gasteiger partial charge < -0.3 is 20.1 Å². The van der Waals surface area contributed by atoms with Gasteiger partial charge in [-0.2, -0.15) is 0 Å². The summed E-state index contributed by atoms with van der Waals surface area (Å²) >= 11 is 0. The number of aromatic carboxylic acids is 1. The van der Waals surface area contributed by atoms with Gasteiger partial charge in [0.1, 0.15) is 5.82 Å². The van der Waals surface area contributed by atoms with E-state index in [1.54, 1.807) is 0 Å². The van der Waals surface area contributed by atoms with Crippen LogP contribution in [0.4, 0.5) is 0 Å². The Kier molecular flexibility index (Phi) is 3.28. The van der Waals surface area contributed by atoms with Crippen molar-refractivity contribution in [3.8, 4) is 0 Å². The molecule has 1 atom stereocenters. The van der Waals surface area contributed by atoms with Gasteiger partial charge in [0.15, 0.2) is 5.69 Å². The molecule has 0 amide bonds. The van der Waals surface area contributed by atoms with Crippen LogP contribution in [0.1, 0.15) is 47.2 Å². The van der Waals surface area contributed by atoms with Gasteiger partial charge in [-0.15, -0.1) is 0 Å². The third kappa shape index (κ3) is 2.26. The number of carboxylic acid groups (broad SMARTS) is 1. The topological polar surface area (TPSA) is 90.4 Å². The fourth-order valence-corrected chi connectivity index (χ4v) is 3.05. The largest absolute Gasteiger partial charge is 0.476 e. The summed E-state index contributed by atoms with van der Waals surface area (Å²) in [6, 6.07) is 0.0990. The molecular weight excluding hydrogens is 246 g/mol. The molecule has 104 valence electrons. The Morgan fingerprint density at radius 3 is 2.79 bits per heavy atom. The molecule has 0 aromatic carbocycles. The molecule has 3 rings (SSSR count). The molecule has 1 aromatic heterocycles. The van der Waals surface area contributed by atoms with E-state index in [-0.39, 0.29) is 11.7 Å². The number of nitrogens with zero attached hydrogens (tertiary/aromatic N) is 2. The van der Waals surface area contributed by atoms with Gasteiger partial charge in [-0.25, -0.2) is 9.78 Å². The first-order valence-electron chi connectivity index (χ1n) is 6.82. The zero-order valence-electron chi connectivity index (χ0n) is 10.8. The summed E-state index contributed by atoms with van der Waals surface area (Å²) in [4.78, 5) is 15.7. The van der Waals surface area contributed by atoms with E-state index >= 15 is 0 Å². The summed E-state index contributed by atoms with van der Waals surface area (Å²) in [5, 5.41) is 9.29. The van der Waals surface area contributed by atoms with Crippen molar-refractivity contribution in [2.24, 2.45) is 5.73 Å². The minimum atomic E-state index is -0.933. The molecule has 0 spiro atoms. The number of ether oxygens (including phenoxy) is 1. The zero-order chi connectivity index (χ0) is 13.4. The van der Waals surface area contributed by atoms with E-state index in [1.807, 2.05) is 4.57 Å². The van der Waals surface area contributed by atoms with E-state index in [1.165, 1.54) is 0 Å². The zero-order valence-corrected chi connectivity index (χ0v) is 10.8. The summed E-state index contributed by atoms with van der Waals surface area (Å²) in [5.74, 6) is 0.259. The first-order chi connectivity index (χ1) is 9.16. The molecule has 1 saturated heterocycles. The van der Waals surface area contributed by atoms with Crippen molar-refractivity contribution in [2.75, 3.05) is 13.2 Å². The Morgan fingerprint density at radius 1 is 1.37 bits per heavy atom. The Bertz CT molecular complexity index is 492. The summed E-state index contributed by atoms with van der Waals surface area (Å²) in [6.07, 6.45) is 3.35. The summed E-state index contributed by atoms with van der Waals surface area (Å²) in [7, 11) is 0. The number of aromatic nitrogens is 2. The lowest BCUT2D eigenvalue weighted by Crippen LogP contribution is -2.33. The van der Waals surface area contributed by atoms with Crippen LogP contribution >= 0.6 is 0 Å². The van der Waals surface area contributed by atoms with Gasteiger partial charge in [-0.3, -0.25) is 0 Å². The van der Waals surface area contributed by atoms with Gasteiger partial charge in [0.25, 0.3) is 0 Å². The lowest BCUT2D eigenvalue weighted by atomic mass is 9.98. The molecule has 1 aromatic rings. The van der Waals surface area contributed by atoms with E-state index in [0.29, 0.717) is 18.9 Å². The van der Waals surface area contributed by atoms with Crippen LogP contribution in [-0.4, -0.2) is 39.9 Å². The van der Waals surface area contributed by atoms with Crippen LogP contribution in [0.3, 0.4) is 0 Å². The van der Waals surface area contributed by atoms with Crippen molar-refractivity contribution in [3.63, 3.8) is 0 Å². The van der Waals surface area contributed by atoms with Gasteiger partial charge in [-0.1, -0.05) is 0 Å². The van der Waals surface area contributed by atoms with Gasteiger partial charge in [0.2, 0.25) is 0 Å². The van der Waals surface area contributed by atoms with Crippen LogP contribution < -0.4 is 5.73 Å². The molecule has 3 N–H and O–H groups in total. The second-order valence-corrected chi connectivity index (χ2v) is 5.37. The number of hydrogen-bond donors (Lipinski definition) is 2. The molecule has 1 fully saturated rings. The third-order valence-corrected chi connectivity index (χ3v) is 4.06. The quantitative estimate of drug-likeness (QED) is 0.823. The number of carboxylic acids is 1. The fraction of sp³-hybridized carbons (Fsp3) is 0.692. The van der Waals surface area contributed by atoms with E-state index in [2.05, 4.69) is 4.98 Å². The van der Waals surface area contributed by atoms with E-state index in [9.17, 15) is 9.90 Å². The monoisotopic (exact) mass is 265 g/mol. The van der Waals surface area contributed by atoms with Crippen molar-refractivity contribution in [1.82, 2.24) is 9.55 Å². The molecule has 2 aliphatic rings. The second kappa shape index (κ2) is 4.94. The Hall–Kier alpha value is -1.40. The van der Waals surface area contributed by atoms with Crippen molar-refractivity contribution in [1.29, 1.82) is 0 Å². The van der Waals surface area contributed by atoms with Gasteiger partial charge in [0, 0.05) is 31.7 Å². The molecule has 0 aliphatic carbocycles. The highest BCUT2D eigenvalue weighted by Gasteiger charge is 2.30. The minimum absolute atomic E-state index is 0.0990. The normalized spacial score (nSPS) is 24.2. The summed E-state index contributed by atoms with van der Waals surface area (Å²) in [6.45, 7) is 2.13. The van der Waals surface area contributed by atoms with Crippen molar-refractivity contribution in [3.05, 3.63) is 17.2 Å². The summed E-state index contributed by atoms with van der Waals surface area (Å²) in [5.41, 5.74) is 7.07. The highest BCUT2D eigenvalue weighted by molar-refractivity contribution is 5.87. The molecule has 6 nitrogen and oxygen atoms in total. The Morgan fingerprint density at radius 2 is 2.11 bits per heavy atom. The van der Waals surface area contributed by atoms with Crippen LogP contribution in [0.15, 0.2) is 0 Å². The van der Waals surface area contributed by atoms with Crippen LogP contribution in [0.25, 0.3) is 0 Å². The standard InChI is InChI=1S/C13H19N3O3/c14-9-1-2-10-11(13(17)18)15-12(16(10)7-9)8-3-5-19-6-4-8/h8-9H,1-7,14H2,(H,17,18). The highest BCUT2D eigenvalue weighted by atomic mass is 16.5. The van der Waals surface area contributed by atoms with Gasteiger partial charge in [0.05, 0.1) is 5.69 Å². The first kappa shape index (κ1) is 12.6. The number of nitrogens with two attached hydrogens (primary N) is 1. The fourth-order valence-electron chi connectivity index (χ4n) is 3.05. The Labute approximate surface area is 111 Å². The molecule has 6 heteroatoms. The smallest absolute Gasteiger partial charge is 0.356 e. The number of fused-ring (bicyclic) bond motifs is 1. The van der Waals surface area contributed by atoms with E-state index in [0.717, 1.165) is 44.0 Å². The van der Waals surface area contributed by atoms with E-state index < -0.39 is 5.97 Å². The molecule has 0 radical (unpaired) electrons.